The molecule has 546 valence electrons. The summed E-state index contributed by atoms with van der Waals surface area (Å²) in [5.41, 5.74) is 20.1. The Kier molecular flexibility index (Phi) is 17.5. The molecule has 21 rings (SSSR count). The molecule has 110 heavy (non-hydrogen) atoms. The van der Waals surface area contributed by atoms with Gasteiger partial charge in [-0.15, -0.1) is 22.7 Å². The number of rotatable bonds is 32. The van der Waals surface area contributed by atoms with Crippen molar-refractivity contribution in [1.82, 2.24) is 0 Å². The first-order valence-corrected chi connectivity index (χ1v) is 45.0. The SMILES string of the molecule is CCCCCCCCC1(CCCCCCCC)c2cc(-c3cc4c5cccc6c7cccc8c9cccc%10c%11cccc%12c%13cc(-c%14ccc%15c(c%14)C(CCCCCCCC)(CCCCCCCC)c%14cc(-c%16cccs%16)ccc%14-%15)cc%14c(c3)c4c3c(c65)c(c87)c(c9%10)c(c%11%12)c3c%13%14)ccc2-c2ccc(-c3cccs3)cc21. The van der Waals surface area contributed by atoms with Crippen LogP contribution in [0.4, 0.5) is 0 Å². The number of hydrogen-bond donors (Lipinski definition) is 0. The highest BCUT2D eigenvalue weighted by Crippen LogP contribution is 2.63. The van der Waals surface area contributed by atoms with Crippen LogP contribution in [0.1, 0.15) is 230 Å². The molecule has 0 saturated carbocycles. The molecular formula is C108H102S2. The molecule has 19 aromatic rings. The first-order valence-electron chi connectivity index (χ1n) is 43.3. The van der Waals surface area contributed by atoms with E-state index in [0.29, 0.717) is 0 Å². The Morgan fingerprint density at radius 2 is 0.436 bits per heavy atom. The number of unbranched alkanes of at least 4 members (excludes halogenated alkanes) is 20. The Morgan fingerprint density at radius 3 is 0.709 bits per heavy atom. The fourth-order valence-corrected chi connectivity index (χ4v) is 24.5. The highest BCUT2D eigenvalue weighted by molar-refractivity contribution is 7.13. The minimum absolute atomic E-state index is 0.0897. The number of hydrogen-bond acceptors (Lipinski definition) is 2. The van der Waals surface area contributed by atoms with Crippen LogP contribution < -0.4 is 0 Å². The van der Waals surface area contributed by atoms with Crippen LogP contribution in [-0.2, 0) is 10.8 Å². The average Bonchev–Trinajstić information content (AvgIpc) is 0.717. The Bertz CT molecular complexity index is 6160. The van der Waals surface area contributed by atoms with E-state index in [1.807, 2.05) is 22.7 Å². The Balaban J connectivity index is 0.838. The molecule has 2 aliphatic carbocycles. The molecule has 0 aliphatic heterocycles. The molecule has 0 spiro atoms. The maximum Gasteiger partial charge on any atom is 0.0342 e. The van der Waals surface area contributed by atoms with E-state index < -0.39 is 0 Å². The summed E-state index contributed by atoms with van der Waals surface area (Å²) in [7, 11) is 0. The van der Waals surface area contributed by atoms with E-state index in [4.69, 9.17) is 0 Å². The first-order chi connectivity index (χ1) is 54.4. The predicted octanol–water partition coefficient (Wildman–Crippen LogP) is 34.5. The molecule has 0 nitrogen and oxygen atoms in total. The lowest BCUT2D eigenvalue weighted by molar-refractivity contribution is 0.398. The second kappa shape index (κ2) is 27.9. The molecule has 0 unspecified atom stereocenters. The molecule has 17 aromatic carbocycles. The molecule has 2 heteroatoms. The van der Waals surface area contributed by atoms with E-state index in [1.54, 1.807) is 22.3 Å². The maximum atomic E-state index is 2.76. The fourth-order valence-electron chi connectivity index (χ4n) is 23.0. The van der Waals surface area contributed by atoms with E-state index in [9.17, 15) is 0 Å². The van der Waals surface area contributed by atoms with Crippen LogP contribution in [-0.4, -0.2) is 0 Å². The summed E-state index contributed by atoms with van der Waals surface area (Å²) in [6.07, 6.45) is 36.0. The molecule has 0 radical (unpaired) electrons. The van der Waals surface area contributed by atoms with E-state index in [0.717, 1.165) is 0 Å². The van der Waals surface area contributed by atoms with Crippen molar-refractivity contribution < 1.29 is 0 Å². The van der Waals surface area contributed by atoms with E-state index >= 15 is 0 Å². The monoisotopic (exact) mass is 1460 g/mol. The van der Waals surface area contributed by atoms with Crippen molar-refractivity contribution in [2.24, 2.45) is 0 Å². The van der Waals surface area contributed by atoms with Gasteiger partial charge in [-0.2, -0.15) is 0 Å². The number of thiophene rings is 2. The van der Waals surface area contributed by atoms with E-state index in [1.165, 1.54) is 374 Å². The standard InChI is InChI=1S/C108H102S2/c1-5-9-13-17-21-25-53-107(54-26-22-18-14-10-6-2)89-63-67(45-49-73(89)75-51-47-69(65-91(75)107)93-43-33-57-109-93)71-59-85-83-41-31-39-81-79-37-29-35-77-78-36-30-38-80-82-40-32-42-84-86-60-72(62-88-87(61-71)99(85)105-103(97(81)83)101(95(77)79)102(96(78)80)104(98(82)84)106(105)100(86)88)68-46-50-74-76-52-48-70(94-44-34-58-110-94)66-92(76)108(90(74)64-68,55-27-23-19-15-11-7-3)56-28-24-20-16-12-8-4/h29-52,57-66H,5-28,53-56H2,1-4H3. The molecule has 0 saturated heterocycles. The van der Waals surface area contributed by atoms with Gasteiger partial charge in [0, 0.05) is 20.6 Å². The quantitative estimate of drug-likeness (QED) is 0.0224. The highest BCUT2D eigenvalue weighted by atomic mass is 32.1. The van der Waals surface area contributed by atoms with Gasteiger partial charge in [-0.3, -0.25) is 0 Å². The third-order valence-corrected chi connectivity index (χ3v) is 29.9. The van der Waals surface area contributed by atoms with Crippen molar-refractivity contribution in [3.8, 4) is 65.4 Å². The lowest BCUT2D eigenvalue weighted by atomic mass is 9.70. The third-order valence-electron chi connectivity index (χ3n) is 28.1. The molecule has 0 N–H and O–H groups in total. The van der Waals surface area contributed by atoms with Gasteiger partial charge >= 0.3 is 0 Å². The average molecular weight is 1460 g/mol. The van der Waals surface area contributed by atoms with Gasteiger partial charge in [-0.1, -0.05) is 315 Å². The van der Waals surface area contributed by atoms with Gasteiger partial charge in [-0.25, -0.2) is 0 Å². The summed E-state index contributed by atoms with van der Waals surface area (Å²) >= 11 is 3.77. The van der Waals surface area contributed by atoms with Gasteiger partial charge in [-0.05, 0) is 304 Å². The highest BCUT2D eigenvalue weighted by Gasteiger charge is 2.45. The fraction of sp³-hybridized carbons (Fsp3) is 0.315. The largest absolute Gasteiger partial charge is 0.144 e. The lowest BCUT2D eigenvalue weighted by Crippen LogP contribution is -2.25. The smallest absolute Gasteiger partial charge is 0.0342 e. The first kappa shape index (κ1) is 68.8. The zero-order valence-electron chi connectivity index (χ0n) is 65.2. The summed E-state index contributed by atoms with van der Waals surface area (Å²) in [6, 6.07) is 80.4. The van der Waals surface area contributed by atoms with E-state index in [-0.39, 0.29) is 10.8 Å². The van der Waals surface area contributed by atoms with Crippen LogP contribution >= 0.6 is 22.7 Å². The summed E-state index contributed by atoms with van der Waals surface area (Å²) in [4.78, 5) is 2.74. The van der Waals surface area contributed by atoms with Crippen LogP contribution in [0, 0.1) is 0 Å². The van der Waals surface area contributed by atoms with Gasteiger partial charge in [0.1, 0.15) is 0 Å². The Morgan fingerprint density at radius 1 is 0.200 bits per heavy atom. The van der Waals surface area contributed by atoms with Crippen molar-refractivity contribution in [3.63, 3.8) is 0 Å². The minimum atomic E-state index is -0.0897. The minimum Gasteiger partial charge on any atom is -0.144 e. The zero-order chi connectivity index (χ0) is 73.3. The predicted molar refractivity (Wildman–Crippen MR) is 486 cm³/mol. The molecule has 2 heterocycles. The third kappa shape index (κ3) is 10.4. The molecule has 2 aromatic heterocycles. The van der Waals surface area contributed by atoms with Gasteiger partial charge in [0.15, 0.2) is 0 Å². The Labute approximate surface area is 658 Å². The maximum absolute atomic E-state index is 2.76. The van der Waals surface area contributed by atoms with Gasteiger partial charge in [0.25, 0.3) is 0 Å². The molecule has 2 aliphatic rings. The second-order valence-electron chi connectivity index (χ2n) is 34.3. The summed E-state index contributed by atoms with van der Waals surface area (Å²) in [6.45, 7) is 9.44. The number of fused-ring (bicyclic) bond motifs is 12. The van der Waals surface area contributed by atoms with Crippen molar-refractivity contribution in [2.75, 3.05) is 0 Å². The molecular weight excluding hydrogens is 1360 g/mol. The van der Waals surface area contributed by atoms with E-state index in [2.05, 4.69) is 233 Å². The molecule has 0 fully saturated rings. The Hall–Kier alpha value is -9.18. The molecule has 0 amide bonds. The molecule has 0 bridgehead atoms. The summed E-state index contributed by atoms with van der Waals surface area (Å²) in [5.74, 6) is 0. The van der Waals surface area contributed by atoms with Crippen LogP contribution in [0.25, 0.3) is 195 Å². The van der Waals surface area contributed by atoms with Crippen LogP contribution in [0.2, 0.25) is 0 Å². The number of benzene rings is 17. The second-order valence-corrected chi connectivity index (χ2v) is 36.2. The van der Waals surface area contributed by atoms with Gasteiger partial charge < -0.3 is 0 Å². The van der Waals surface area contributed by atoms with Crippen molar-refractivity contribution in [1.29, 1.82) is 0 Å². The van der Waals surface area contributed by atoms with Crippen LogP contribution in [0.3, 0.4) is 0 Å². The van der Waals surface area contributed by atoms with Crippen LogP contribution in [0.5, 0.6) is 0 Å². The topological polar surface area (TPSA) is 0 Å². The lowest BCUT2D eigenvalue weighted by Gasteiger charge is -2.33. The zero-order valence-corrected chi connectivity index (χ0v) is 66.9. The van der Waals surface area contributed by atoms with Gasteiger partial charge in [0.05, 0.1) is 0 Å². The normalized spacial score (nSPS) is 14.1. The summed E-state index contributed by atoms with van der Waals surface area (Å²) < 4.78 is 0. The van der Waals surface area contributed by atoms with Gasteiger partial charge in [0.2, 0.25) is 0 Å². The summed E-state index contributed by atoms with van der Waals surface area (Å²) in [5, 5.41) is 38.4. The van der Waals surface area contributed by atoms with Crippen molar-refractivity contribution in [2.45, 2.75) is 218 Å². The van der Waals surface area contributed by atoms with Crippen molar-refractivity contribution in [3.05, 3.63) is 227 Å². The van der Waals surface area contributed by atoms with Crippen LogP contribution in [0.15, 0.2) is 205 Å². The molecule has 0 atom stereocenters. The van der Waals surface area contributed by atoms with Crippen molar-refractivity contribution >= 4 is 152 Å².